The SMILES string of the molecule is Cc1ccc(-n2cc(CNC3c4ccccc4-c4ccccc43)nn2)cc1. The first-order valence-electron chi connectivity index (χ1n) is 9.19. The van der Waals surface area contributed by atoms with Crippen LogP contribution in [-0.2, 0) is 6.54 Å². The van der Waals surface area contributed by atoms with Crippen molar-refractivity contribution in [3.8, 4) is 16.8 Å². The molecule has 1 aromatic heterocycles. The maximum absolute atomic E-state index is 4.34. The number of benzene rings is 3. The molecule has 1 aliphatic carbocycles. The maximum atomic E-state index is 4.34. The Morgan fingerprint density at radius 3 is 2.15 bits per heavy atom. The van der Waals surface area contributed by atoms with E-state index in [1.165, 1.54) is 27.8 Å². The number of nitrogens with zero attached hydrogens (tertiary/aromatic N) is 3. The molecule has 0 saturated carbocycles. The maximum Gasteiger partial charge on any atom is 0.0969 e. The molecule has 0 amide bonds. The van der Waals surface area contributed by atoms with Gasteiger partial charge in [-0.2, -0.15) is 0 Å². The quantitative estimate of drug-likeness (QED) is 0.591. The van der Waals surface area contributed by atoms with Crippen molar-refractivity contribution < 1.29 is 0 Å². The van der Waals surface area contributed by atoms with Crippen LogP contribution < -0.4 is 5.32 Å². The standard InChI is InChI=1S/C23H20N4/c1-16-10-12-18(13-11-16)27-15-17(25-26-27)14-24-23-21-8-4-2-6-19(21)20-7-3-5-9-22(20)23/h2-13,15,23-24H,14H2,1H3. The third kappa shape index (κ3) is 2.84. The average molecular weight is 352 g/mol. The highest BCUT2D eigenvalue weighted by molar-refractivity contribution is 5.78. The molecule has 132 valence electrons. The van der Waals surface area contributed by atoms with Gasteiger partial charge < -0.3 is 5.32 Å². The number of rotatable bonds is 4. The molecule has 0 atom stereocenters. The van der Waals surface area contributed by atoms with Gasteiger partial charge in [0.25, 0.3) is 0 Å². The van der Waals surface area contributed by atoms with Crippen LogP contribution in [0.15, 0.2) is 79.0 Å². The molecule has 27 heavy (non-hydrogen) atoms. The predicted octanol–water partition coefficient (Wildman–Crippen LogP) is 4.44. The topological polar surface area (TPSA) is 42.7 Å². The molecule has 4 heteroatoms. The fourth-order valence-electron chi connectivity index (χ4n) is 3.79. The molecule has 1 aliphatic rings. The molecule has 0 fully saturated rings. The zero-order chi connectivity index (χ0) is 18.2. The van der Waals surface area contributed by atoms with E-state index in [4.69, 9.17) is 0 Å². The number of hydrogen-bond acceptors (Lipinski definition) is 3. The Kier molecular flexibility index (Phi) is 3.84. The molecule has 0 radical (unpaired) electrons. The average Bonchev–Trinajstić information content (AvgIpc) is 3.30. The Balaban J connectivity index is 1.39. The van der Waals surface area contributed by atoms with E-state index in [9.17, 15) is 0 Å². The van der Waals surface area contributed by atoms with Gasteiger partial charge in [0, 0.05) is 6.54 Å². The Bertz CT molecular complexity index is 1050. The van der Waals surface area contributed by atoms with Gasteiger partial charge in [-0.05, 0) is 41.3 Å². The predicted molar refractivity (Wildman–Crippen MR) is 107 cm³/mol. The van der Waals surface area contributed by atoms with E-state index in [0.29, 0.717) is 6.54 Å². The third-order valence-electron chi connectivity index (χ3n) is 5.16. The lowest BCUT2D eigenvalue weighted by atomic mass is 10.1. The smallest absolute Gasteiger partial charge is 0.0969 e. The summed E-state index contributed by atoms with van der Waals surface area (Å²) in [5, 5.41) is 12.3. The van der Waals surface area contributed by atoms with Crippen molar-refractivity contribution in [2.24, 2.45) is 0 Å². The Labute approximate surface area is 158 Å². The van der Waals surface area contributed by atoms with Crippen LogP contribution in [0.25, 0.3) is 16.8 Å². The van der Waals surface area contributed by atoms with Crippen molar-refractivity contribution in [3.63, 3.8) is 0 Å². The van der Waals surface area contributed by atoms with Crippen LogP contribution in [0, 0.1) is 6.92 Å². The monoisotopic (exact) mass is 352 g/mol. The minimum Gasteiger partial charge on any atom is -0.300 e. The molecule has 4 aromatic rings. The summed E-state index contributed by atoms with van der Waals surface area (Å²) in [5.74, 6) is 0. The molecule has 4 nitrogen and oxygen atoms in total. The lowest BCUT2D eigenvalue weighted by molar-refractivity contribution is 0.605. The van der Waals surface area contributed by atoms with Gasteiger partial charge in [-0.1, -0.05) is 71.4 Å². The van der Waals surface area contributed by atoms with Crippen molar-refractivity contribution in [3.05, 3.63) is 101 Å². The molecule has 1 N–H and O–H groups in total. The van der Waals surface area contributed by atoms with Crippen molar-refractivity contribution in [2.45, 2.75) is 19.5 Å². The van der Waals surface area contributed by atoms with Crippen molar-refractivity contribution in [1.29, 1.82) is 0 Å². The van der Waals surface area contributed by atoms with E-state index in [1.54, 1.807) is 0 Å². The van der Waals surface area contributed by atoms with Crippen LogP contribution in [-0.4, -0.2) is 15.0 Å². The Hall–Kier alpha value is -3.24. The Morgan fingerprint density at radius 1 is 0.852 bits per heavy atom. The summed E-state index contributed by atoms with van der Waals surface area (Å²) in [6.45, 7) is 2.75. The highest BCUT2D eigenvalue weighted by Gasteiger charge is 2.27. The summed E-state index contributed by atoms with van der Waals surface area (Å²) in [7, 11) is 0. The normalized spacial score (nSPS) is 12.8. The van der Waals surface area contributed by atoms with E-state index in [2.05, 4.69) is 95.3 Å². The largest absolute Gasteiger partial charge is 0.300 e. The van der Waals surface area contributed by atoms with Crippen LogP contribution >= 0.6 is 0 Å². The first-order chi connectivity index (χ1) is 13.3. The van der Waals surface area contributed by atoms with Gasteiger partial charge in [-0.25, -0.2) is 4.68 Å². The van der Waals surface area contributed by atoms with Crippen LogP contribution in [0.2, 0.25) is 0 Å². The second-order valence-electron chi connectivity index (χ2n) is 6.98. The van der Waals surface area contributed by atoms with Gasteiger partial charge in [0.2, 0.25) is 0 Å². The van der Waals surface area contributed by atoms with Gasteiger partial charge in [0.05, 0.1) is 23.6 Å². The van der Waals surface area contributed by atoms with E-state index < -0.39 is 0 Å². The van der Waals surface area contributed by atoms with Crippen LogP contribution in [0.3, 0.4) is 0 Å². The summed E-state index contributed by atoms with van der Waals surface area (Å²) in [6.07, 6.45) is 1.99. The molecular weight excluding hydrogens is 332 g/mol. The highest BCUT2D eigenvalue weighted by atomic mass is 15.4. The molecule has 1 heterocycles. The third-order valence-corrected chi connectivity index (χ3v) is 5.16. The molecule has 5 rings (SSSR count). The van der Waals surface area contributed by atoms with Crippen molar-refractivity contribution in [1.82, 2.24) is 20.3 Å². The highest BCUT2D eigenvalue weighted by Crippen LogP contribution is 2.43. The summed E-state index contributed by atoms with van der Waals surface area (Å²) < 4.78 is 1.83. The molecule has 0 bridgehead atoms. The number of nitrogens with one attached hydrogen (secondary N) is 1. The van der Waals surface area contributed by atoms with E-state index in [1.807, 2.05) is 10.9 Å². The van der Waals surface area contributed by atoms with Crippen LogP contribution in [0.1, 0.15) is 28.4 Å². The first-order valence-corrected chi connectivity index (χ1v) is 9.19. The molecule has 0 spiro atoms. The van der Waals surface area contributed by atoms with E-state index >= 15 is 0 Å². The van der Waals surface area contributed by atoms with Crippen LogP contribution in [0.5, 0.6) is 0 Å². The van der Waals surface area contributed by atoms with E-state index in [0.717, 1.165) is 11.4 Å². The molecule has 0 saturated heterocycles. The molecule has 0 unspecified atom stereocenters. The summed E-state index contributed by atoms with van der Waals surface area (Å²) in [5.41, 5.74) is 8.46. The Morgan fingerprint density at radius 2 is 1.48 bits per heavy atom. The number of aryl methyl sites for hydroxylation is 1. The number of fused-ring (bicyclic) bond motifs is 3. The van der Waals surface area contributed by atoms with E-state index in [-0.39, 0.29) is 6.04 Å². The van der Waals surface area contributed by atoms with Gasteiger partial charge in [0.1, 0.15) is 0 Å². The van der Waals surface area contributed by atoms with Crippen LogP contribution in [0.4, 0.5) is 0 Å². The lowest BCUT2D eigenvalue weighted by Crippen LogP contribution is -2.20. The van der Waals surface area contributed by atoms with Crippen molar-refractivity contribution >= 4 is 0 Å². The zero-order valence-corrected chi connectivity index (χ0v) is 15.1. The minimum atomic E-state index is 0.182. The fourth-order valence-corrected chi connectivity index (χ4v) is 3.79. The van der Waals surface area contributed by atoms with Gasteiger partial charge in [-0.15, -0.1) is 5.10 Å². The molecule has 3 aromatic carbocycles. The molecule has 0 aliphatic heterocycles. The van der Waals surface area contributed by atoms with Gasteiger partial charge >= 0.3 is 0 Å². The minimum absolute atomic E-state index is 0.182. The summed E-state index contributed by atoms with van der Waals surface area (Å²) in [6, 6.07) is 25.7. The second-order valence-corrected chi connectivity index (χ2v) is 6.98. The second kappa shape index (κ2) is 6.49. The zero-order valence-electron chi connectivity index (χ0n) is 15.1. The fraction of sp³-hybridized carbons (Fsp3) is 0.130. The first kappa shape index (κ1) is 16.0. The summed E-state index contributed by atoms with van der Waals surface area (Å²) in [4.78, 5) is 0. The lowest BCUT2D eigenvalue weighted by Gasteiger charge is -2.14. The van der Waals surface area contributed by atoms with Gasteiger partial charge in [0.15, 0.2) is 0 Å². The summed E-state index contributed by atoms with van der Waals surface area (Å²) >= 11 is 0. The molecular formula is C23H20N4. The number of hydrogen-bond donors (Lipinski definition) is 1. The van der Waals surface area contributed by atoms with Crippen molar-refractivity contribution in [2.75, 3.05) is 0 Å². The number of aromatic nitrogens is 3. The van der Waals surface area contributed by atoms with Gasteiger partial charge in [-0.3, -0.25) is 0 Å².